The van der Waals surface area contributed by atoms with Crippen molar-refractivity contribution in [3.63, 3.8) is 0 Å². The average Bonchev–Trinajstić information content (AvgIpc) is 3.19. The Morgan fingerprint density at radius 1 is 1.39 bits per heavy atom. The Labute approximate surface area is 107 Å². The van der Waals surface area contributed by atoms with Crippen molar-refractivity contribution in [3.8, 4) is 11.5 Å². The highest BCUT2D eigenvalue weighted by atomic mass is 16.5. The van der Waals surface area contributed by atoms with Gasteiger partial charge in [0.25, 0.3) is 0 Å². The number of ether oxygens (including phenoxy) is 2. The van der Waals surface area contributed by atoms with Gasteiger partial charge in [0.15, 0.2) is 11.5 Å². The van der Waals surface area contributed by atoms with Gasteiger partial charge >= 0.3 is 0 Å². The van der Waals surface area contributed by atoms with Gasteiger partial charge in [-0.3, -0.25) is 4.98 Å². The van der Waals surface area contributed by atoms with Gasteiger partial charge in [-0.1, -0.05) is 0 Å². The number of pyridine rings is 1. The van der Waals surface area contributed by atoms with Crippen molar-refractivity contribution in [2.75, 3.05) is 27.4 Å². The van der Waals surface area contributed by atoms with E-state index in [4.69, 9.17) is 9.47 Å². The van der Waals surface area contributed by atoms with Crippen LogP contribution in [0.15, 0.2) is 12.3 Å². The van der Waals surface area contributed by atoms with E-state index in [2.05, 4.69) is 10.3 Å². The van der Waals surface area contributed by atoms with Crippen molar-refractivity contribution in [3.05, 3.63) is 18.0 Å². The minimum atomic E-state index is 0.103. The van der Waals surface area contributed by atoms with Crippen molar-refractivity contribution in [1.82, 2.24) is 10.3 Å². The summed E-state index contributed by atoms with van der Waals surface area (Å²) in [7, 11) is 3.22. The van der Waals surface area contributed by atoms with Gasteiger partial charge < -0.3 is 19.9 Å². The van der Waals surface area contributed by atoms with Crippen LogP contribution in [0.2, 0.25) is 0 Å². The van der Waals surface area contributed by atoms with E-state index in [0.29, 0.717) is 18.0 Å². The molecule has 1 aromatic rings. The molecule has 2 N–H and O–H groups in total. The van der Waals surface area contributed by atoms with Gasteiger partial charge in [0, 0.05) is 37.4 Å². The summed E-state index contributed by atoms with van der Waals surface area (Å²) in [4.78, 5) is 4.29. The van der Waals surface area contributed by atoms with Crippen LogP contribution in [0, 0.1) is 5.41 Å². The van der Waals surface area contributed by atoms with Gasteiger partial charge in [-0.25, -0.2) is 0 Å². The molecular weight excluding hydrogens is 232 g/mol. The molecule has 0 bridgehead atoms. The third kappa shape index (κ3) is 2.73. The molecule has 1 aliphatic rings. The van der Waals surface area contributed by atoms with Crippen molar-refractivity contribution < 1.29 is 14.6 Å². The summed E-state index contributed by atoms with van der Waals surface area (Å²) < 4.78 is 10.5. The van der Waals surface area contributed by atoms with E-state index < -0.39 is 0 Å². The highest BCUT2D eigenvalue weighted by molar-refractivity contribution is 5.42. The van der Waals surface area contributed by atoms with E-state index in [9.17, 15) is 5.11 Å². The number of hydrogen-bond acceptors (Lipinski definition) is 5. The number of nitrogens with one attached hydrogen (secondary N) is 1. The molecular formula is C13H20N2O3. The monoisotopic (exact) mass is 252 g/mol. The molecule has 1 aromatic heterocycles. The number of aliphatic hydroxyl groups is 1. The molecule has 0 atom stereocenters. The zero-order valence-electron chi connectivity index (χ0n) is 10.9. The number of methoxy groups -OCH3 is 2. The van der Waals surface area contributed by atoms with Gasteiger partial charge in [-0.15, -0.1) is 0 Å². The molecule has 2 rings (SSSR count). The lowest BCUT2D eigenvalue weighted by Gasteiger charge is -2.15. The maximum Gasteiger partial charge on any atom is 0.183 e. The highest BCUT2D eigenvalue weighted by Gasteiger charge is 2.41. The summed E-state index contributed by atoms with van der Waals surface area (Å²) >= 11 is 0. The van der Waals surface area contributed by atoms with Crippen LogP contribution >= 0.6 is 0 Å². The fraction of sp³-hybridized carbons (Fsp3) is 0.615. The van der Waals surface area contributed by atoms with Gasteiger partial charge in [0.05, 0.1) is 19.9 Å². The van der Waals surface area contributed by atoms with Crippen LogP contribution in [0.25, 0.3) is 0 Å². The summed E-state index contributed by atoms with van der Waals surface area (Å²) in [5.41, 5.74) is 0.928. The maximum atomic E-state index is 9.24. The number of hydrogen-bond donors (Lipinski definition) is 2. The number of nitrogens with zero attached hydrogens (tertiary/aromatic N) is 1. The van der Waals surface area contributed by atoms with E-state index in [-0.39, 0.29) is 12.0 Å². The molecule has 1 heterocycles. The Hall–Kier alpha value is -1.33. The minimum Gasteiger partial charge on any atom is -0.493 e. The zero-order chi connectivity index (χ0) is 13.0. The van der Waals surface area contributed by atoms with Crippen LogP contribution in [0.1, 0.15) is 18.5 Å². The van der Waals surface area contributed by atoms with Crippen LogP contribution in [0.5, 0.6) is 11.5 Å². The van der Waals surface area contributed by atoms with Crippen molar-refractivity contribution in [2.45, 2.75) is 19.4 Å². The lowest BCUT2D eigenvalue weighted by atomic mass is 10.1. The molecule has 0 aromatic carbocycles. The molecule has 1 saturated carbocycles. The van der Waals surface area contributed by atoms with E-state index in [1.54, 1.807) is 26.5 Å². The second kappa shape index (κ2) is 5.54. The van der Waals surface area contributed by atoms with Crippen molar-refractivity contribution in [1.29, 1.82) is 0 Å². The molecule has 0 saturated heterocycles. The second-order valence-corrected chi connectivity index (χ2v) is 4.75. The fourth-order valence-electron chi connectivity index (χ4n) is 1.99. The fourth-order valence-corrected chi connectivity index (χ4v) is 1.99. The Bertz CT molecular complexity index is 405. The molecule has 5 heteroatoms. The van der Waals surface area contributed by atoms with Crippen LogP contribution in [0.3, 0.4) is 0 Å². The van der Waals surface area contributed by atoms with Crippen LogP contribution in [0.4, 0.5) is 0 Å². The van der Waals surface area contributed by atoms with E-state index >= 15 is 0 Å². The van der Waals surface area contributed by atoms with Gasteiger partial charge in [0.2, 0.25) is 0 Å². The summed E-state index contributed by atoms with van der Waals surface area (Å²) in [5.74, 6) is 1.36. The smallest absolute Gasteiger partial charge is 0.183 e. The third-order valence-corrected chi connectivity index (χ3v) is 3.45. The van der Waals surface area contributed by atoms with Gasteiger partial charge in [0.1, 0.15) is 0 Å². The maximum absolute atomic E-state index is 9.24. The summed E-state index contributed by atoms with van der Waals surface area (Å²) in [6.45, 7) is 1.68. The molecule has 0 amide bonds. The van der Waals surface area contributed by atoms with Gasteiger partial charge in [-0.2, -0.15) is 0 Å². The lowest BCUT2D eigenvalue weighted by molar-refractivity contribution is 0.207. The normalized spacial score (nSPS) is 16.4. The van der Waals surface area contributed by atoms with Crippen LogP contribution < -0.4 is 14.8 Å². The molecule has 0 radical (unpaired) electrons. The molecule has 1 fully saturated rings. The summed E-state index contributed by atoms with van der Waals surface area (Å²) in [6.07, 6.45) is 3.90. The first-order valence-corrected chi connectivity index (χ1v) is 6.12. The van der Waals surface area contributed by atoms with Gasteiger partial charge in [-0.05, 0) is 12.8 Å². The van der Waals surface area contributed by atoms with Crippen molar-refractivity contribution >= 4 is 0 Å². The quantitative estimate of drug-likeness (QED) is 0.757. The SMILES string of the molecule is COc1ccnc(CNCC2(CO)CC2)c1OC. The van der Waals surface area contributed by atoms with E-state index in [0.717, 1.165) is 25.1 Å². The predicted octanol–water partition coefficient (Wildman–Crippen LogP) is 0.961. The largest absolute Gasteiger partial charge is 0.493 e. The molecule has 0 aliphatic heterocycles. The van der Waals surface area contributed by atoms with Crippen LogP contribution in [-0.2, 0) is 6.54 Å². The molecule has 0 spiro atoms. The molecule has 100 valence electrons. The summed E-state index contributed by atoms with van der Waals surface area (Å²) in [5, 5.41) is 12.6. The minimum absolute atomic E-state index is 0.103. The Morgan fingerprint density at radius 3 is 2.72 bits per heavy atom. The van der Waals surface area contributed by atoms with Crippen molar-refractivity contribution in [2.24, 2.45) is 5.41 Å². The Balaban J connectivity index is 1.96. The van der Waals surface area contributed by atoms with E-state index in [1.165, 1.54) is 0 Å². The number of aromatic nitrogens is 1. The predicted molar refractivity (Wildman–Crippen MR) is 67.8 cm³/mol. The number of aliphatic hydroxyl groups excluding tert-OH is 1. The third-order valence-electron chi connectivity index (χ3n) is 3.45. The first-order valence-electron chi connectivity index (χ1n) is 6.12. The standard InChI is InChI=1S/C13H20N2O3/c1-17-11-3-6-15-10(12(11)18-2)7-14-8-13(9-16)4-5-13/h3,6,14,16H,4-5,7-9H2,1-2H3. The first kappa shape index (κ1) is 13.1. The van der Waals surface area contributed by atoms with Crippen LogP contribution in [-0.4, -0.2) is 37.5 Å². The van der Waals surface area contributed by atoms with E-state index in [1.807, 2.05) is 0 Å². The molecule has 5 nitrogen and oxygen atoms in total. The molecule has 0 unspecified atom stereocenters. The Morgan fingerprint density at radius 2 is 2.17 bits per heavy atom. The average molecular weight is 252 g/mol. The second-order valence-electron chi connectivity index (χ2n) is 4.75. The lowest BCUT2D eigenvalue weighted by Crippen LogP contribution is -2.26. The zero-order valence-corrected chi connectivity index (χ0v) is 10.9. The summed E-state index contributed by atoms with van der Waals surface area (Å²) in [6, 6.07) is 1.78. The Kier molecular flexibility index (Phi) is 4.04. The highest BCUT2D eigenvalue weighted by Crippen LogP contribution is 2.44. The topological polar surface area (TPSA) is 63.6 Å². The first-order chi connectivity index (χ1) is 8.74. The molecule has 1 aliphatic carbocycles. The molecule has 18 heavy (non-hydrogen) atoms. The number of rotatable bonds is 7.